The average molecular weight is 292 g/mol. The summed E-state index contributed by atoms with van der Waals surface area (Å²) in [6.45, 7) is 2.05. The summed E-state index contributed by atoms with van der Waals surface area (Å²) < 4.78 is 11.8. The van der Waals surface area contributed by atoms with Crippen LogP contribution in [0.2, 0.25) is 0 Å². The summed E-state index contributed by atoms with van der Waals surface area (Å²) in [7, 11) is 0. The van der Waals surface area contributed by atoms with Crippen molar-refractivity contribution in [2.45, 2.75) is 25.9 Å². The summed E-state index contributed by atoms with van der Waals surface area (Å²) in [6.07, 6.45) is 6.77. The van der Waals surface area contributed by atoms with Crippen LogP contribution in [0.1, 0.15) is 19.8 Å². The van der Waals surface area contributed by atoms with Gasteiger partial charge in [-0.1, -0.05) is 0 Å². The second-order valence-electron chi connectivity index (χ2n) is 3.47. The van der Waals surface area contributed by atoms with Crippen molar-refractivity contribution >= 4 is 22.6 Å². The molecule has 1 atom stereocenters. The number of hydrogen-bond acceptors (Lipinski definition) is 2. The first-order valence-corrected chi connectivity index (χ1v) is 6.11. The minimum Gasteiger partial charge on any atom is -0.490 e. The molecule has 2 rings (SSSR count). The molecule has 0 saturated heterocycles. The second-order valence-corrected chi connectivity index (χ2v) is 4.09. The molecule has 0 bridgehead atoms. The smallest absolute Gasteiger partial charge is 0.139 e. The molecule has 0 radical (unpaired) electrons. The largest absolute Gasteiger partial charge is 0.490 e. The molecule has 0 aromatic carbocycles. The first kappa shape index (κ1) is 9.37. The van der Waals surface area contributed by atoms with Gasteiger partial charge in [0.25, 0.3) is 0 Å². The Morgan fingerprint density at radius 3 is 3.00 bits per heavy atom. The fraction of sp³-hybridized carbons (Fsp3) is 0.600. The van der Waals surface area contributed by atoms with Gasteiger partial charge in [0.2, 0.25) is 0 Å². The average Bonchev–Trinajstić information content (AvgIpc) is 2.85. The molecule has 0 amide bonds. The van der Waals surface area contributed by atoms with E-state index in [4.69, 9.17) is 9.47 Å². The summed E-state index contributed by atoms with van der Waals surface area (Å²) in [5, 5.41) is 0. The van der Waals surface area contributed by atoms with E-state index in [1.54, 1.807) is 0 Å². The van der Waals surface area contributed by atoms with Crippen LogP contribution in [0.5, 0.6) is 0 Å². The van der Waals surface area contributed by atoms with E-state index in [1.807, 2.05) is 19.1 Å². The zero-order valence-electron chi connectivity index (χ0n) is 7.63. The zero-order valence-corrected chi connectivity index (χ0v) is 9.78. The highest BCUT2D eigenvalue weighted by Gasteiger charge is 2.30. The Balaban J connectivity index is 2.07. The predicted octanol–water partition coefficient (Wildman–Crippen LogP) is 2.99. The third-order valence-corrected chi connectivity index (χ3v) is 2.52. The van der Waals surface area contributed by atoms with Crippen molar-refractivity contribution in [1.82, 2.24) is 0 Å². The Hall–Kier alpha value is -0.190. The molecule has 2 nitrogen and oxygen atoms in total. The van der Waals surface area contributed by atoms with E-state index in [9.17, 15) is 0 Å². The molecule has 3 heteroatoms. The van der Waals surface area contributed by atoms with Gasteiger partial charge < -0.3 is 9.47 Å². The van der Waals surface area contributed by atoms with Crippen molar-refractivity contribution in [3.05, 3.63) is 23.7 Å². The molecule has 0 aromatic rings. The first-order chi connectivity index (χ1) is 6.29. The lowest BCUT2D eigenvalue weighted by Crippen LogP contribution is -2.12. The fourth-order valence-electron chi connectivity index (χ4n) is 1.44. The molecule has 0 aromatic heterocycles. The molecule has 2 aliphatic rings. The molecular weight excluding hydrogens is 279 g/mol. The van der Waals surface area contributed by atoms with E-state index in [0.717, 1.165) is 11.5 Å². The van der Waals surface area contributed by atoms with Gasteiger partial charge in [-0.3, -0.25) is 0 Å². The van der Waals surface area contributed by atoms with Crippen molar-refractivity contribution in [3.8, 4) is 0 Å². The maximum atomic E-state index is 5.69. The molecule has 0 N–H and O–H groups in total. The lowest BCUT2D eigenvalue weighted by Gasteiger charge is -2.20. The van der Waals surface area contributed by atoms with Crippen LogP contribution in [0.25, 0.3) is 0 Å². The van der Waals surface area contributed by atoms with Gasteiger partial charge in [0.05, 0.1) is 0 Å². The number of rotatable bonds is 3. The first-order valence-electron chi connectivity index (χ1n) is 4.58. The molecule has 1 heterocycles. The lowest BCUT2D eigenvalue weighted by atomic mass is 10.2. The topological polar surface area (TPSA) is 18.5 Å². The van der Waals surface area contributed by atoms with Gasteiger partial charge >= 0.3 is 0 Å². The van der Waals surface area contributed by atoms with Crippen molar-refractivity contribution in [3.63, 3.8) is 0 Å². The van der Waals surface area contributed by atoms with Crippen LogP contribution in [0.3, 0.4) is 0 Å². The van der Waals surface area contributed by atoms with Gasteiger partial charge in [-0.25, -0.2) is 0 Å². The number of hydrogen-bond donors (Lipinski definition) is 0. The Labute approximate surface area is 92.1 Å². The van der Waals surface area contributed by atoms with E-state index in [1.165, 1.54) is 12.8 Å². The van der Waals surface area contributed by atoms with Gasteiger partial charge in [-0.2, -0.15) is 0 Å². The molecule has 1 aliphatic carbocycles. The number of alkyl halides is 1. The highest BCUT2D eigenvalue weighted by Crippen LogP contribution is 2.39. The van der Waals surface area contributed by atoms with Gasteiger partial charge in [0, 0.05) is 12.0 Å². The van der Waals surface area contributed by atoms with Crippen LogP contribution in [0.15, 0.2) is 23.7 Å². The normalized spacial score (nSPS) is 27.4. The maximum Gasteiger partial charge on any atom is 0.139 e. The molecule has 13 heavy (non-hydrogen) atoms. The Bertz CT molecular complexity index is 254. The zero-order chi connectivity index (χ0) is 9.26. The summed E-state index contributed by atoms with van der Waals surface area (Å²) in [6, 6.07) is 0. The monoisotopic (exact) mass is 292 g/mol. The molecular formula is C10H13IO2. The molecule has 1 aliphatic heterocycles. The molecule has 72 valence electrons. The Morgan fingerprint density at radius 1 is 1.62 bits per heavy atom. The van der Waals surface area contributed by atoms with Crippen LogP contribution in [0.4, 0.5) is 0 Å². The minimum absolute atomic E-state index is 0.165. The standard InChI is InChI=1S/C10H13IO2/c1-7-4-9(12-6-11)5-10(13-7)8-2-3-8/h4-5,7-8H,2-3,6H2,1H3. The molecule has 1 unspecified atom stereocenters. The highest BCUT2D eigenvalue weighted by molar-refractivity contribution is 14.1. The third-order valence-electron chi connectivity index (χ3n) is 2.21. The molecule has 1 saturated carbocycles. The molecule has 1 fully saturated rings. The van der Waals surface area contributed by atoms with Gasteiger partial charge in [0.1, 0.15) is 22.2 Å². The summed E-state index contributed by atoms with van der Waals surface area (Å²) in [4.78, 5) is 0. The number of ether oxygens (including phenoxy) is 2. The minimum atomic E-state index is 0.165. The quantitative estimate of drug-likeness (QED) is 0.588. The second kappa shape index (κ2) is 3.90. The van der Waals surface area contributed by atoms with Crippen LogP contribution < -0.4 is 0 Å². The number of halogens is 1. The van der Waals surface area contributed by atoms with E-state index in [2.05, 4.69) is 22.6 Å². The van der Waals surface area contributed by atoms with Crippen LogP contribution in [0, 0.1) is 5.92 Å². The fourth-order valence-corrected chi connectivity index (χ4v) is 1.80. The van der Waals surface area contributed by atoms with E-state index >= 15 is 0 Å². The Kier molecular flexibility index (Phi) is 2.81. The summed E-state index contributed by atoms with van der Waals surface area (Å²) in [5.74, 6) is 2.76. The van der Waals surface area contributed by atoms with Crippen LogP contribution in [-0.2, 0) is 9.47 Å². The third kappa shape index (κ3) is 2.39. The molecule has 0 spiro atoms. The van der Waals surface area contributed by atoms with Crippen molar-refractivity contribution in [2.24, 2.45) is 5.92 Å². The van der Waals surface area contributed by atoms with Gasteiger partial charge in [-0.15, -0.1) is 0 Å². The van der Waals surface area contributed by atoms with Crippen molar-refractivity contribution < 1.29 is 9.47 Å². The van der Waals surface area contributed by atoms with Crippen molar-refractivity contribution in [2.75, 3.05) is 4.61 Å². The predicted molar refractivity (Wildman–Crippen MR) is 59.4 cm³/mol. The Morgan fingerprint density at radius 2 is 2.38 bits per heavy atom. The van der Waals surface area contributed by atoms with Gasteiger partial charge in [-0.05, 0) is 48.4 Å². The van der Waals surface area contributed by atoms with Crippen LogP contribution in [-0.4, -0.2) is 10.7 Å². The van der Waals surface area contributed by atoms with E-state index < -0.39 is 0 Å². The summed E-state index contributed by atoms with van der Waals surface area (Å²) in [5.41, 5.74) is 0. The summed E-state index contributed by atoms with van der Waals surface area (Å²) >= 11 is 2.20. The van der Waals surface area contributed by atoms with Crippen LogP contribution >= 0.6 is 22.6 Å². The van der Waals surface area contributed by atoms with Crippen molar-refractivity contribution in [1.29, 1.82) is 0 Å². The lowest BCUT2D eigenvalue weighted by molar-refractivity contribution is 0.139. The SMILES string of the molecule is CC1C=C(OCI)C=C(C2CC2)O1. The highest BCUT2D eigenvalue weighted by atomic mass is 127. The maximum absolute atomic E-state index is 5.69. The number of allylic oxidation sites excluding steroid dienone is 2. The van der Waals surface area contributed by atoms with E-state index in [0.29, 0.717) is 10.5 Å². The van der Waals surface area contributed by atoms with E-state index in [-0.39, 0.29) is 6.10 Å². The van der Waals surface area contributed by atoms with Gasteiger partial charge in [0.15, 0.2) is 0 Å².